The Morgan fingerprint density at radius 3 is 0.742 bits per heavy atom. The van der Waals surface area contributed by atoms with Crippen molar-refractivity contribution in [1.82, 2.24) is 29.9 Å². The Morgan fingerprint density at radius 1 is 0.167 bits per heavy atom. The quantitative estimate of drug-likeness (QED) is 0.155. The average Bonchev–Trinajstić information content (AvgIpc) is 3.89. The maximum Gasteiger partial charge on any atom is 0.164 e. The molecular weight excluding hydrogens is 805 g/mol. The van der Waals surface area contributed by atoms with Crippen molar-refractivity contribution in [2.24, 2.45) is 0 Å². The van der Waals surface area contributed by atoms with Gasteiger partial charge in [-0.25, -0.2) is 29.9 Å². The van der Waals surface area contributed by atoms with Crippen molar-refractivity contribution in [1.29, 1.82) is 0 Å². The molecule has 0 spiro atoms. The number of benzene rings is 10. The summed E-state index contributed by atoms with van der Waals surface area (Å²) < 4.78 is 0. The third kappa shape index (κ3) is 5.62. The van der Waals surface area contributed by atoms with Crippen LogP contribution in [0.4, 0.5) is 0 Å². The van der Waals surface area contributed by atoms with Crippen LogP contribution in [-0.2, 0) is 0 Å². The van der Waals surface area contributed by atoms with E-state index in [-0.39, 0.29) is 0 Å². The third-order valence-electron chi connectivity index (χ3n) is 13.2. The summed E-state index contributed by atoms with van der Waals surface area (Å²) in [6, 6.07) is 72.3. The average molecular weight is 839 g/mol. The first-order valence-electron chi connectivity index (χ1n) is 22.2. The zero-order valence-electron chi connectivity index (χ0n) is 35.3. The van der Waals surface area contributed by atoms with Gasteiger partial charge in [-0.1, -0.05) is 182 Å². The van der Waals surface area contributed by atoms with Crippen molar-refractivity contribution in [2.75, 3.05) is 0 Å². The van der Waals surface area contributed by atoms with Gasteiger partial charge in [0.2, 0.25) is 0 Å². The molecule has 14 rings (SSSR count). The fraction of sp³-hybridized carbons (Fsp3) is 0. The molecule has 14 aromatic rings. The van der Waals surface area contributed by atoms with Crippen molar-refractivity contribution in [3.05, 3.63) is 206 Å². The Bertz CT molecular complexity index is 3810. The van der Waals surface area contributed by atoms with Crippen LogP contribution >= 0.6 is 0 Å². The van der Waals surface area contributed by atoms with Crippen LogP contribution in [0.25, 0.3) is 144 Å². The van der Waals surface area contributed by atoms with E-state index in [0.717, 1.165) is 33.4 Å². The van der Waals surface area contributed by atoms with Crippen molar-refractivity contribution >= 4 is 75.4 Å². The van der Waals surface area contributed by atoms with Gasteiger partial charge in [0, 0.05) is 33.4 Å². The van der Waals surface area contributed by atoms with Gasteiger partial charge in [-0.15, -0.1) is 0 Å². The Hall–Kier alpha value is -9.00. The molecule has 66 heavy (non-hydrogen) atoms. The summed E-state index contributed by atoms with van der Waals surface area (Å²) in [5, 5.41) is 17.3. The highest BCUT2D eigenvalue weighted by Gasteiger charge is 2.22. The van der Waals surface area contributed by atoms with E-state index in [0.29, 0.717) is 34.9 Å². The van der Waals surface area contributed by atoms with Gasteiger partial charge in [0.05, 0.1) is 0 Å². The summed E-state index contributed by atoms with van der Waals surface area (Å²) >= 11 is 0. The molecule has 0 radical (unpaired) electrons. The molecule has 2 heterocycles. The van der Waals surface area contributed by atoms with E-state index in [1.807, 2.05) is 121 Å². The van der Waals surface area contributed by atoms with Crippen LogP contribution in [0.2, 0.25) is 0 Å². The number of nitrogens with zero attached hydrogens (tertiary/aromatic N) is 6. The van der Waals surface area contributed by atoms with Gasteiger partial charge in [-0.05, 0) is 99.7 Å². The molecule has 12 aromatic carbocycles. The van der Waals surface area contributed by atoms with E-state index < -0.39 is 0 Å². The highest BCUT2D eigenvalue weighted by Crippen LogP contribution is 2.48. The molecule has 0 fully saturated rings. The van der Waals surface area contributed by atoms with Gasteiger partial charge >= 0.3 is 0 Å². The van der Waals surface area contributed by atoms with Crippen molar-refractivity contribution in [2.45, 2.75) is 0 Å². The highest BCUT2D eigenvalue weighted by atomic mass is 15.0. The van der Waals surface area contributed by atoms with Crippen molar-refractivity contribution in [3.8, 4) is 68.3 Å². The molecule has 2 aromatic heterocycles. The lowest BCUT2D eigenvalue weighted by molar-refractivity contribution is 1.07. The van der Waals surface area contributed by atoms with Gasteiger partial charge in [-0.2, -0.15) is 0 Å². The second-order valence-electron chi connectivity index (χ2n) is 17.0. The fourth-order valence-corrected chi connectivity index (χ4v) is 10.2. The zero-order chi connectivity index (χ0) is 43.3. The van der Waals surface area contributed by atoms with Crippen LogP contribution in [0.5, 0.6) is 0 Å². The Balaban J connectivity index is 0.951. The molecule has 0 N–H and O–H groups in total. The fourth-order valence-electron chi connectivity index (χ4n) is 10.2. The molecule has 0 bridgehead atoms. The van der Waals surface area contributed by atoms with Crippen LogP contribution < -0.4 is 0 Å². The van der Waals surface area contributed by atoms with E-state index >= 15 is 0 Å². The molecule has 0 atom stereocenters. The highest BCUT2D eigenvalue weighted by molar-refractivity contribution is 6.41. The number of hydrogen-bond donors (Lipinski definition) is 0. The molecule has 304 valence electrons. The van der Waals surface area contributed by atoms with Crippen LogP contribution in [0, 0.1) is 0 Å². The van der Waals surface area contributed by atoms with E-state index in [4.69, 9.17) is 29.9 Å². The molecule has 0 unspecified atom stereocenters. The predicted octanol–water partition coefficient (Wildman–Crippen LogP) is 15.0. The lowest BCUT2D eigenvalue weighted by Crippen LogP contribution is -2.00. The maximum atomic E-state index is 5.07. The SMILES string of the molecule is c1ccc(-c2nc(-c3ccccc3)nc(-c3ccc4c(c3)c3cccc5c6cc7c8ccc(-c9nc(-c%10ccccc%10)nc(-c%10ccccc%10)n9)cc8c8cccc(c6cc4c35)c87)n2)cc1. The lowest BCUT2D eigenvalue weighted by atomic mass is 9.93. The molecular formula is C60H34N6. The zero-order valence-corrected chi connectivity index (χ0v) is 35.3. The summed E-state index contributed by atoms with van der Waals surface area (Å²) in [6.45, 7) is 0. The minimum Gasteiger partial charge on any atom is -0.208 e. The molecule has 0 saturated carbocycles. The molecule has 0 aliphatic rings. The molecule has 6 nitrogen and oxygen atoms in total. The van der Waals surface area contributed by atoms with Gasteiger partial charge in [0.1, 0.15) is 0 Å². The molecule has 0 aliphatic heterocycles. The van der Waals surface area contributed by atoms with Gasteiger partial charge in [0.15, 0.2) is 34.9 Å². The maximum absolute atomic E-state index is 5.07. The molecule has 6 heteroatoms. The van der Waals surface area contributed by atoms with Crippen LogP contribution in [-0.4, -0.2) is 29.9 Å². The van der Waals surface area contributed by atoms with Crippen LogP contribution in [0.1, 0.15) is 0 Å². The largest absolute Gasteiger partial charge is 0.208 e. The van der Waals surface area contributed by atoms with Crippen molar-refractivity contribution < 1.29 is 0 Å². The minimum absolute atomic E-state index is 0.648. The molecule has 0 saturated heterocycles. The second kappa shape index (κ2) is 14.3. The van der Waals surface area contributed by atoms with Crippen molar-refractivity contribution in [3.63, 3.8) is 0 Å². The second-order valence-corrected chi connectivity index (χ2v) is 17.0. The smallest absolute Gasteiger partial charge is 0.164 e. The summed E-state index contributed by atoms with van der Waals surface area (Å²) in [5.41, 5.74) is 5.71. The van der Waals surface area contributed by atoms with E-state index in [2.05, 4.69) is 84.9 Å². The number of hydrogen-bond acceptors (Lipinski definition) is 6. The first-order chi connectivity index (χ1) is 32.7. The number of fused-ring (bicyclic) bond motifs is 9. The Morgan fingerprint density at radius 2 is 0.439 bits per heavy atom. The first kappa shape index (κ1) is 36.5. The van der Waals surface area contributed by atoms with Gasteiger partial charge < -0.3 is 0 Å². The summed E-state index contributed by atoms with van der Waals surface area (Å²) in [5.74, 6) is 3.90. The summed E-state index contributed by atoms with van der Waals surface area (Å²) in [6.07, 6.45) is 0. The predicted molar refractivity (Wildman–Crippen MR) is 271 cm³/mol. The summed E-state index contributed by atoms with van der Waals surface area (Å²) in [7, 11) is 0. The monoisotopic (exact) mass is 838 g/mol. The minimum atomic E-state index is 0.648. The lowest BCUT2D eigenvalue weighted by Gasteiger charge is -2.10. The summed E-state index contributed by atoms with van der Waals surface area (Å²) in [4.78, 5) is 30.1. The normalized spacial score (nSPS) is 11.9. The van der Waals surface area contributed by atoms with Gasteiger partial charge in [0.25, 0.3) is 0 Å². The molecule has 0 aliphatic carbocycles. The third-order valence-corrected chi connectivity index (χ3v) is 13.2. The number of rotatable bonds is 6. The topological polar surface area (TPSA) is 77.3 Å². The first-order valence-corrected chi connectivity index (χ1v) is 22.2. The molecule has 0 amide bonds. The van der Waals surface area contributed by atoms with E-state index in [9.17, 15) is 0 Å². The van der Waals surface area contributed by atoms with E-state index in [1.165, 1.54) is 75.4 Å². The van der Waals surface area contributed by atoms with Crippen LogP contribution in [0.3, 0.4) is 0 Å². The standard InChI is InChI=1S/C60H34N6/c1-5-15-35(16-6-1)55-61-56(36-17-7-2-8-18-36)64-59(63-55)39-27-29-41-47(31-39)43-23-13-25-45-50-34-52-42-30-28-40(32-48(42)44-24-14-26-46(54(44)52)49(50)33-51(41)53(43)45)60-65-57(37-19-9-3-10-20-37)62-58(66-60)38-21-11-4-12-22-38/h1-34H. The van der Waals surface area contributed by atoms with E-state index in [1.54, 1.807) is 0 Å². The Kier molecular flexibility index (Phi) is 7.88. The number of aromatic nitrogens is 6. The van der Waals surface area contributed by atoms with Crippen LogP contribution in [0.15, 0.2) is 206 Å². The van der Waals surface area contributed by atoms with Gasteiger partial charge in [-0.3, -0.25) is 0 Å². The Labute approximate surface area is 378 Å².